The first-order valence-corrected chi connectivity index (χ1v) is 7.19. The summed E-state index contributed by atoms with van der Waals surface area (Å²) in [6, 6.07) is 5.99. The van der Waals surface area contributed by atoms with Gasteiger partial charge in [-0.25, -0.2) is 0 Å². The van der Waals surface area contributed by atoms with Crippen molar-refractivity contribution in [2.24, 2.45) is 7.05 Å². The van der Waals surface area contributed by atoms with E-state index in [2.05, 4.69) is 15.7 Å². The molecule has 2 atom stereocenters. The molecule has 0 saturated carbocycles. The fraction of sp³-hybridized carbons (Fsp3) is 0.467. The second kappa shape index (κ2) is 5.73. The minimum atomic E-state index is -0.0604. The second-order valence-corrected chi connectivity index (χ2v) is 5.46. The number of nitrogens with one attached hydrogen (secondary N) is 2. The van der Waals surface area contributed by atoms with Crippen LogP contribution in [0.15, 0.2) is 28.8 Å². The Morgan fingerprint density at radius 2 is 2.33 bits per heavy atom. The number of aromatic nitrogens is 2. The zero-order valence-corrected chi connectivity index (χ0v) is 12.3. The highest BCUT2D eigenvalue weighted by atomic mass is 16.3. The number of aryl methyl sites for hydroxylation is 2. The Kier molecular flexibility index (Phi) is 3.79. The number of rotatable bonds is 4. The van der Waals surface area contributed by atoms with Gasteiger partial charge in [0.2, 0.25) is 5.91 Å². The molecule has 2 aromatic rings. The first-order valence-electron chi connectivity index (χ1n) is 7.19. The monoisotopic (exact) mass is 288 g/mol. The fourth-order valence-electron chi connectivity index (χ4n) is 2.80. The van der Waals surface area contributed by atoms with E-state index < -0.39 is 0 Å². The Hall–Kier alpha value is -2.08. The van der Waals surface area contributed by atoms with Crippen molar-refractivity contribution in [2.75, 3.05) is 0 Å². The Balaban J connectivity index is 1.72. The highest BCUT2D eigenvalue weighted by Gasteiger charge is 2.31. The minimum Gasteiger partial charge on any atom is -0.465 e. The zero-order chi connectivity index (χ0) is 14.8. The van der Waals surface area contributed by atoms with Crippen LogP contribution in [0, 0.1) is 6.92 Å². The van der Waals surface area contributed by atoms with Crippen molar-refractivity contribution in [2.45, 2.75) is 38.4 Å². The average Bonchev–Trinajstić information content (AvgIpc) is 3.06. The minimum absolute atomic E-state index is 0.0604. The molecule has 2 aromatic heterocycles. The summed E-state index contributed by atoms with van der Waals surface area (Å²) in [6.07, 6.45) is 3.10. The van der Waals surface area contributed by atoms with E-state index in [0.717, 1.165) is 23.6 Å². The molecule has 1 aliphatic heterocycles. The largest absolute Gasteiger partial charge is 0.465 e. The maximum atomic E-state index is 11.7. The summed E-state index contributed by atoms with van der Waals surface area (Å²) >= 11 is 0. The molecular weight excluding hydrogens is 268 g/mol. The lowest BCUT2D eigenvalue weighted by atomic mass is 9.95. The van der Waals surface area contributed by atoms with Crippen LogP contribution in [-0.2, 0) is 18.4 Å². The molecule has 2 N–H and O–H groups in total. The Morgan fingerprint density at radius 3 is 3.00 bits per heavy atom. The van der Waals surface area contributed by atoms with Crippen LogP contribution in [0.1, 0.15) is 36.1 Å². The Bertz CT molecular complexity index is 631. The molecule has 0 unspecified atom stereocenters. The first-order chi connectivity index (χ1) is 10.1. The van der Waals surface area contributed by atoms with E-state index in [-0.39, 0.29) is 18.0 Å². The van der Waals surface area contributed by atoms with Gasteiger partial charge in [-0.3, -0.25) is 9.48 Å². The van der Waals surface area contributed by atoms with E-state index in [1.54, 1.807) is 6.20 Å². The van der Waals surface area contributed by atoms with Gasteiger partial charge < -0.3 is 15.1 Å². The highest BCUT2D eigenvalue weighted by Crippen LogP contribution is 2.24. The first kappa shape index (κ1) is 13.9. The van der Waals surface area contributed by atoms with Crippen LogP contribution < -0.4 is 10.6 Å². The van der Waals surface area contributed by atoms with Crippen molar-refractivity contribution >= 4 is 5.91 Å². The SMILES string of the molecule is Cc1ccc(CN[C@@H]2CCC(=O)N[C@H]2c2ccnn2C)o1. The number of hydrogen-bond acceptors (Lipinski definition) is 4. The number of carbonyl (C=O) groups excluding carboxylic acids is 1. The molecule has 0 aromatic carbocycles. The normalized spacial score (nSPS) is 22.3. The molecule has 1 fully saturated rings. The van der Waals surface area contributed by atoms with Gasteiger partial charge in [-0.15, -0.1) is 0 Å². The molecule has 112 valence electrons. The van der Waals surface area contributed by atoms with Crippen molar-refractivity contribution in [3.05, 3.63) is 41.6 Å². The summed E-state index contributed by atoms with van der Waals surface area (Å²) in [4.78, 5) is 11.7. The second-order valence-electron chi connectivity index (χ2n) is 5.46. The lowest BCUT2D eigenvalue weighted by Gasteiger charge is -2.32. The van der Waals surface area contributed by atoms with Gasteiger partial charge in [0.15, 0.2) is 0 Å². The van der Waals surface area contributed by atoms with E-state index in [4.69, 9.17) is 4.42 Å². The van der Waals surface area contributed by atoms with Gasteiger partial charge in [0.25, 0.3) is 0 Å². The van der Waals surface area contributed by atoms with Crippen molar-refractivity contribution in [1.29, 1.82) is 0 Å². The molecule has 3 rings (SSSR count). The van der Waals surface area contributed by atoms with Gasteiger partial charge in [-0.1, -0.05) is 0 Å². The third kappa shape index (κ3) is 3.00. The van der Waals surface area contributed by atoms with Crippen LogP contribution in [-0.4, -0.2) is 21.7 Å². The predicted octanol–water partition coefficient (Wildman–Crippen LogP) is 1.43. The number of piperidine rings is 1. The molecule has 21 heavy (non-hydrogen) atoms. The van der Waals surface area contributed by atoms with Crippen LogP contribution in [0.2, 0.25) is 0 Å². The van der Waals surface area contributed by atoms with Crippen molar-refractivity contribution in [3.8, 4) is 0 Å². The number of nitrogens with zero attached hydrogens (tertiary/aromatic N) is 2. The van der Waals surface area contributed by atoms with Crippen LogP contribution in [0.5, 0.6) is 0 Å². The molecule has 1 saturated heterocycles. The molecule has 1 aliphatic rings. The quantitative estimate of drug-likeness (QED) is 0.893. The van der Waals surface area contributed by atoms with Gasteiger partial charge in [0.05, 0.1) is 18.3 Å². The van der Waals surface area contributed by atoms with E-state index in [1.807, 2.05) is 36.9 Å². The van der Waals surface area contributed by atoms with Crippen LogP contribution >= 0.6 is 0 Å². The smallest absolute Gasteiger partial charge is 0.220 e. The Labute approximate surface area is 123 Å². The van der Waals surface area contributed by atoms with Crippen molar-refractivity contribution in [3.63, 3.8) is 0 Å². The van der Waals surface area contributed by atoms with E-state index in [1.165, 1.54) is 0 Å². The summed E-state index contributed by atoms with van der Waals surface area (Å²) < 4.78 is 7.39. The van der Waals surface area contributed by atoms with Gasteiger partial charge in [-0.2, -0.15) is 5.10 Å². The maximum absolute atomic E-state index is 11.7. The zero-order valence-electron chi connectivity index (χ0n) is 12.3. The average molecular weight is 288 g/mol. The third-order valence-electron chi connectivity index (χ3n) is 3.91. The van der Waals surface area contributed by atoms with E-state index in [0.29, 0.717) is 13.0 Å². The lowest BCUT2D eigenvalue weighted by Crippen LogP contribution is -2.48. The van der Waals surface area contributed by atoms with Gasteiger partial charge in [0.1, 0.15) is 11.5 Å². The van der Waals surface area contributed by atoms with Crippen LogP contribution in [0.25, 0.3) is 0 Å². The Morgan fingerprint density at radius 1 is 1.48 bits per heavy atom. The number of furan rings is 1. The van der Waals surface area contributed by atoms with Crippen molar-refractivity contribution < 1.29 is 9.21 Å². The summed E-state index contributed by atoms with van der Waals surface area (Å²) in [7, 11) is 1.89. The highest BCUT2D eigenvalue weighted by molar-refractivity contribution is 5.77. The predicted molar refractivity (Wildman–Crippen MR) is 77.4 cm³/mol. The third-order valence-corrected chi connectivity index (χ3v) is 3.91. The summed E-state index contributed by atoms with van der Waals surface area (Å²) in [6.45, 7) is 2.59. The maximum Gasteiger partial charge on any atom is 0.220 e. The molecule has 0 radical (unpaired) electrons. The molecule has 6 nitrogen and oxygen atoms in total. The topological polar surface area (TPSA) is 72.1 Å². The van der Waals surface area contributed by atoms with Gasteiger partial charge in [-0.05, 0) is 31.5 Å². The molecule has 0 bridgehead atoms. The summed E-state index contributed by atoms with van der Waals surface area (Å²) in [5.41, 5.74) is 1.01. The van der Waals surface area contributed by atoms with Crippen LogP contribution in [0.3, 0.4) is 0 Å². The lowest BCUT2D eigenvalue weighted by molar-refractivity contribution is -0.124. The number of hydrogen-bond donors (Lipinski definition) is 2. The fourth-order valence-corrected chi connectivity index (χ4v) is 2.80. The summed E-state index contributed by atoms with van der Waals surface area (Å²) in [5, 5.41) is 10.7. The van der Waals surface area contributed by atoms with E-state index >= 15 is 0 Å². The van der Waals surface area contributed by atoms with Crippen molar-refractivity contribution in [1.82, 2.24) is 20.4 Å². The number of amides is 1. The molecule has 3 heterocycles. The molecule has 6 heteroatoms. The van der Waals surface area contributed by atoms with Gasteiger partial charge in [0, 0.05) is 25.7 Å². The molecule has 0 aliphatic carbocycles. The standard InChI is InChI=1S/C15H20N4O2/c1-10-3-4-11(21-10)9-16-12-5-6-14(20)18-15(12)13-7-8-17-19(13)2/h3-4,7-8,12,15-16H,5-6,9H2,1-2H3,(H,18,20)/t12-,15-/m1/s1. The molecule has 1 amide bonds. The van der Waals surface area contributed by atoms with Gasteiger partial charge >= 0.3 is 0 Å². The molecule has 0 spiro atoms. The van der Waals surface area contributed by atoms with E-state index in [9.17, 15) is 4.79 Å². The number of carbonyl (C=O) groups is 1. The summed E-state index contributed by atoms with van der Waals surface area (Å²) in [5.74, 6) is 1.91. The molecular formula is C15H20N4O2. The van der Waals surface area contributed by atoms with Crippen LogP contribution in [0.4, 0.5) is 0 Å².